The van der Waals surface area contributed by atoms with Crippen molar-refractivity contribution < 1.29 is 19.4 Å². The van der Waals surface area contributed by atoms with Crippen LogP contribution in [0.1, 0.15) is 11.8 Å². The summed E-state index contributed by atoms with van der Waals surface area (Å²) in [5.41, 5.74) is 0.154. The number of carbonyl (C=O) groups is 1. The number of hydrogen-bond acceptors (Lipinski definition) is 5. The molecule has 0 aromatic carbocycles. The summed E-state index contributed by atoms with van der Waals surface area (Å²) < 4.78 is 9.31. The van der Waals surface area contributed by atoms with E-state index in [-0.39, 0.29) is 5.69 Å². The van der Waals surface area contributed by atoms with Crippen molar-refractivity contribution in [1.29, 1.82) is 0 Å². The van der Waals surface area contributed by atoms with Crippen LogP contribution in [0.15, 0.2) is 18.3 Å². The standard InChI is InChI=1S/C9H11NO4/c1-13-6-4-3-5-10-7(6)8(11)9(12)14-2/h3-5,8,11H,1-2H3. The van der Waals surface area contributed by atoms with Crippen molar-refractivity contribution in [3.63, 3.8) is 0 Å². The first-order valence-corrected chi connectivity index (χ1v) is 3.95. The Kier molecular flexibility index (Phi) is 3.41. The Morgan fingerprint density at radius 2 is 2.29 bits per heavy atom. The number of nitrogens with zero attached hydrogens (tertiary/aromatic N) is 1. The molecule has 1 unspecified atom stereocenters. The molecular formula is C9H11NO4. The normalized spacial score (nSPS) is 11.9. The molecule has 1 aromatic rings. The number of esters is 1. The van der Waals surface area contributed by atoms with Crippen LogP contribution in [0.2, 0.25) is 0 Å². The van der Waals surface area contributed by atoms with Gasteiger partial charge in [0, 0.05) is 6.20 Å². The van der Waals surface area contributed by atoms with E-state index in [9.17, 15) is 9.90 Å². The molecule has 76 valence electrons. The molecule has 1 aromatic heterocycles. The topological polar surface area (TPSA) is 68.7 Å². The van der Waals surface area contributed by atoms with Crippen LogP contribution in [-0.2, 0) is 9.53 Å². The summed E-state index contributed by atoms with van der Waals surface area (Å²) in [5, 5.41) is 9.48. The quantitative estimate of drug-likeness (QED) is 0.705. The van der Waals surface area contributed by atoms with Crippen molar-refractivity contribution in [3.8, 4) is 5.75 Å². The summed E-state index contributed by atoms with van der Waals surface area (Å²) >= 11 is 0. The first kappa shape index (κ1) is 10.5. The molecule has 0 aliphatic rings. The number of carbonyl (C=O) groups excluding carboxylic acids is 1. The first-order valence-electron chi connectivity index (χ1n) is 3.95. The fourth-order valence-corrected chi connectivity index (χ4v) is 1.00. The molecule has 1 atom stereocenters. The van der Waals surface area contributed by atoms with E-state index in [1.54, 1.807) is 12.1 Å². The van der Waals surface area contributed by atoms with Crippen LogP contribution in [0.3, 0.4) is 0 Å². The molecule has 0 bridgehead atoms. The van der Waals surface area contributed by atoms with Gasteiger partial charge in [-0.3, -0.25) is 4.98 Å². The van der Waals surface area contributed by atoms with E-state index < -0.39 is 12.1 Å². The van der Waals surface area contributed by atoms with Gasteiger partial charge in [-0.1, -0.05) is 0 Å². The summed E-state index contributed by atoms with van der Waals surface area (Å²) in [6.07, 6.45) is 0.0560. The lowest BCUT2D eigenvalue weighted by molar-refractivity contribution is -0.151. The number of hydrogen-bond donors (Lipinski definition) is 1. The number of rotatable bonds is 3. The minimum atomic E-state index is -1.41. The zero-order valence-electron chi connectivity index (χ0n) is 7.93. The largest absolute Gasteiger partial charge is 0.495 e. The van der Waals surface area contributed by atoms with E-state index in [1.807, 2.05) is 0 Å². The van der Waals surface area contributed by atoms with Crippen molar-refractivity contribution in [2.24, 2.45) is 0 Å². The van der Waals surface area contributed by atoms with Gasteiger partial charge in [-0.2, -0.15) is 0 Å². The van der Waals surface area contributed by atoms with Crippen molar-refractivity contribution in [2.45, 2.75) is 6.10 Å². The molecule has 1 heterocycles. The Morgan fingerprint density at radius 1 is 1.57 bits per heavy atom. The van der Waals surface area contributed by atoms with Gasteiger partial charge in [-0.05, 0) is 12.1 Å². The average molecular weight is 197 g/mol. The first-order chi connectivity index (χ1) is 6.70. The highest BCUT2D eigenvalue weighted by Gasteiger charge is 2.22. The molecule has 0 aliphatic carbocycles. The Hall–Kier alpha value is -1.62. The summed E-state index contributed by atoms with van der Waals surface area (Å²) in [6, 6.07) is 3.25. The maximum atomic E-state index is 11.0. The zero-order valence-corrected chi connectivity index (χ0v) is 7.93. The summed E-state index contributed by atoms with van der Waals surface area (Å²) in [7, 11) is 2.63. The Balaban J connectivity index is 2.99. The predicted octanol–water partition coefficient (Wildman–Crippen LogP) is 0.297. The van der Waals surface area contributed by atoms with E-state index >= 15 is 0 Å². The van der Waals surface area contributed by atoms with Crippen LogP contribution in [0.5, 0.6) is 5.75 Å². The van der Waals surface area contributed by atoms with Gasteiger partial charge in [0.25, 0.3) is 0 Å². The van der Waals surface area contributed by atoms with Crippen molar-refractivity contribution in [2.75, 3.05) is 14.2 Å². The molecule has 1 N–H and O–H groups in total. The van der Waals surface area contributed by atoms with Crippen LogP contribution < -0.4 is 4.74 Å². The number of aromatic nitrogens is 1. The highest BCUT2D eigenvalue weighted by Crippen LogP contribution is 2.22. The van der Waals surface area contributed by atoms with Gasteiger partial charge < -0.3 is 14.6 Å². The van der Waals surface area contributed by atoms with Crippen LogP contribution in [0.4, 0.5) is 0 Å². The van der Waals surface area contributed by atoms with E-state index in [1.165, 1.54) is 20.4 Å². The minimum absolute atomic E-state index is 0.154. The summed E-state index contributed by atoms with van der Waals surface area (Å²) in [5.74, 6) is -0.410. The zero-order chi connectivity index (χ0) is 10.6. The second-order valence-corrected chi connectivity index (χ2v) is 2.52. The molecule has 0 amide bonds. The molecule has 5 heteroatoms. The van der Waals surface area contributed by atoms with Crippen LogP contribution >= 0.6 is 0 Å². The molecule has 0 saturated heterocycles. The van der Waals surface area contributed by atoms with E-state index in [0.717, 1.165) is 0 Å². The maximum absolute atomic E-state index is 11.0. The summed E-state index contributed by atoms with van der Waals surface area (Å²) in [6.45, 7) is 0. The van der Waals surface area contributed by atoms with E-state index in [2.05, 4.69) is 9.72 Å². The molecule has 0 spiro atoms. The van der Waals surface area contributed by atoms with Crippen molar-refractivity contribution >= 4 is 5.97 Å². The predicted molar refractivity (Wildman–Crippen MR) is 47.8 cm³/mol. The molecule has 0 radical (unpaired) electrons. The number of ether oxygens (including phenoxy) is 2. The van der Waals surface area contributed by atoms with Crippen molar-refractivity contribution in [3.05, 3.63) is 24.0 Å². The summed E-state index contributed by atoms with van der Waals surface area (Å²) in [4.78, 5) is 14.9. The Labute approximate surface area is 81.3 Å². The fourth-order valence-electron chi connectivity index (χ4n) is 1.00. The molecule has 0 saturated carbocycles. The van der Waals surface area contributed by atoms with Gasteiger partial charge in [-0.25, -0.2) is 4.79 Å². The molecule has 0 aliphatic heterocycles. The third kappa shape index (κ3) is 2.00. The molecule has 14 heavy (non-hydrogen) atoms. The number of methoxy groups -OCH3 is 2. The van der Waals surface area contributed by atoms with Gasteiger partial charge in [-0.15, -0.1) is 0 Å². The van der Waals surface area contributed by atoms with Gasteiger partial charge in [0.05, 0.1) is 14.2 Å². The Morgan fingerprint density at radius 3 is 2.86 bits per heavy atom. The number of aliphatic hydroxyl groups excluding tert-OH is 1. The second-order valence-electron chi connectivity index (χ2n) is 2.52. The minimum Gasteiger partial charge on any atom is -0.495 e. The van der Waals surface area contributed by atoms with Gasteiger partial charge in [0.1, 0.15) is 11.4 Å². The third-order valence-corrected chi connectivity index (χ3v) is 1.70. The molecule has 0 fully saturated rings. The lowest BCUT2D eigenvalue weighted by atomic mass is 10.2. The molecule has 1 rings (SSSR count). The smallest absolute Gasteiger partial charge is 0.341 e. The maximum Gasteiger partial charge on any atom is 0.341 e. The van der Waals surface area contributed by atoms with Gasteiger partial charge in [0.15, 0.2) is 6.10 Å². The van der Waals surface area contributed by atoms with Crippen molar-refractivity contribution in [1.82, 2.24) is 4.98 Å². The van der Waals surface area contributed by atoms with E-state index in [4.69, 9.17) is 4.74 Å². The highest BCUT2D eigenvalue weighted by atomic mass is 16.5. The van der Waals surface area contributed by atoms with E-state index in [0.29, 0.717) is 5.75 Å². The average Bonchev–Trinajstić information content (AvgIpc) is 2.26. The highest BCUT2D eigenvalue weighted by molar-refractivity contribution is 5.76. The lowest BCUT2D eigenvalue weighted by Gasteiger charge is -2.10. The Bertz CT molecular complexity index is 326. The van der Waals surface area contributed by atoms with Crippen LogP contribution in [-0.4, -0.2) is 30.3 Å². The monoisotopic (exact) mass is 197 g/mol. The molecular weight excluding hydrogens is 186 g/mol. The van der Waals surface area contributed by atoms with Gasteiger partial charge in [0.2, 0.25) is 0 Å². The molecule has 5 nitrogen and oxygen atoms in total. The number of pyridine rings is 1. The van der Waals surface area contributed by atoms with Crippen LogP contribution in [0, 0.1) is 0 Å². The van der Waals surface area contributed by atoms with Gasteiger partial charge >= 0.3 is 5.97 Å². The SMILES string of the molecule is COC(=O)C(O)c1ncccc1OC. The van der Waals surface area contributed by atoms with Crippen LogP contribution in [0.25, 0.3) is 0 Å². The number of aliphatic hydroxyl groups is 1. The second kappa shape index (κ2) is 4.57. The third-order valence-electron chi connectivity index (χ3n) is 1.70. The fraction of sp³-hybridized carbons (Fsp3) is 0.333. The lowest BCUT2D eigenvalue weighted by Crippen LogP contribution is -2.15.